The first-order valence-corrected chi connectivity index (χ1v) is 11.2. The first-order valence-electron chi connectivity index (χ1n) is 10.4. The number of amides is 1. The Morgan fingerprint density at radius 2 is 1.79 bits per heavy atom. The van der Waals surface area contributed by atoms with Gasteiger partial charge in [0.2, 0.25) is 5.17 Å². The molecule has 0 saturated carbocycles. The zero-order chi connectivity index (χ0) is 23.1. The molecule has 5 rings (SSSR count). The van der Waals surface area contributed by atoms with E-state index in [0.29, 0.717) is 10.2 Å². The summed E-state index contributed by atoms with van der Waals surface area (Å²) >= 11 is 1.30. The Morgan fingerprint density at radius 3 is 2.48 bits per heavy atom. The topological polar surface area (TPSA) is 83.0 Å². The zero-order valence-electron chi connectivity index (χ0n) is 18.4. The second-order valence-electron chi connectivity index (χ2n) is 7.65. The molecule has 0 saturated heterocycles. The minimum atomic E-state index is -0.433. The molecule has 3 aromatic rings. The number of nitrogens with one attached hydrogen (secondary N) is 1. The first-order chi connectivity index (χ1) is 16.0. The van der Waals surface area contributed by atoms with Gasteiger partial charge >= 0.3 is 0 Å². The van der Waals surface area contributed by atoms with Gasteiger partial charge in [0, 0.05) is 22.6 Å². The number of fused-ring (bicyclic) bond motifs is 1. The number of carbonyl (C=O) groups excluding carboxylic acids is 1. The summed E-state index contributed by atoms with van der Waals surface area (Å²) in [6, 6.07) is 19.5. The van der Waals surface area contributed by atoms with Gasteiger partial charge in [0.1, 0.15) is 10.8 Å². The number of benzene rings is 2. The van der Waals surface area contributed by atoms with Gasteiger partial charge in [-0.25, -0.2) is 0 Å². The molecule has 0 bridgehead atoms. The van der Waals surface area contributed by atoms with Crippen molar-refractivity contribution >= 4 is 39.8 Å². The number of hydrogen-bond donors (Lipinski definition) is 1. The number of thioether (sulfide) groups is 1. The number of aliphatic imine (C=N–C) groups is 1. The summed E-state index contributed by atoms with van der Waals surface area (Å²) in [5.41, 5.74) is 4.97. The van der Waals surface area contributed by atoms with Crippen molar-refractivity contribution in [3.8, 4) is 11.4 Å². The number of ether oxygens (including phenoxy) is 1. The standard InChI is InChI=1S/C25H21N5O2S/c1-15-13-18(16(2)29(15)19-9-11-20(32-3)12-10-19)14-21-22(26)30-25(27-23(21)31)33-24(28-30)17-7-5-4-6-8-17/h4-14,26H,1-3H3. The molecule has 0 atom stereocenters. The van der Waals surface area contributed by atoms with Crippen LogP contribution in [0.5, 0.6) is 5.75 Å². The first kappa shape index (κ1) is 21.0. The maximum atomic E-state index is 12.8. The number of rotatable bonds is 4. The largest absolute Gasteiger partial charge is 0.497 e. The summed E-state index contributed by atoms with van der Waals surface area (Å²) in [5.74, 6) is 0.382. The molecule has 0 unspecified atom stereocenters. The Kier molecular flexibility index (Phi) is 5.22. The number of aryl methyl sites for hydroxylation is 1. The van der Waals surface area contributed by atoms with E-state index < -0.39 is 5.91 Å². The molecule has 33 heavy (non-hydrogen) atoms. The van der Waals surface area contributed by atoms with Crippen LogP contribution in [-0.2, 0) is 4.79 Å². The van der Waals surface area contributed by atoms with E-state index in [9.17, 15) is 4.79 Å². The Hall–Kier alpha value is -3.91. The number of hydrogen-bond acceptors (Lipinski definition) is 5. The van der Waals surface area contributed by atoms with Crippen molar-refractivity contribution in [3.63, 3.8) is 0 Å². The third-order valence-electron chi connectivity index (χ3n) is 5.58. The van der Waals surface area contributed by atoms with Gasteiger partial charge in [-0.2, -0.15) is 15.1 Å². The minimum Gasteiger partial charge on any atom is -0.497 e. The third-order valence-corrected chi connectivity index (χ3v) is 6.53. The number of carbonyl (C=O) groups is 1. The molecule has 1 aromatic heterocycles. The highest BCUT2D eigenvalue weighted by atomic mass is 32.2. The molecule has 2 aliphatic rings. The summed E-state index contributed by atoms with van der Waals surface area (Å²) in [4.78, 5) is 17.0. The van der Waals surface area contributed by atoms with Crippen molar-refractivity contribution in [1.82, 2.24) is 9.58 Å². The molecule has 2 aromatic carbocycles. The van der Waals surface area contributed by atoms with Crippen molar-refractivity contribution in [2.75, 3.05) is 7.11 Å². The fraction of sp³-hybridized carbons (Fsp3) is 0.120. The molecule has 7 nitrogen and oxygen atoms in total. The summed E-state index contributed by atoms with van der Waals surface area (Å²) in [5, 5.41) is 15.8. The predicted octanol–water partition coefficient (Wildman–Crippen LogP) is 4.77. The maximum absolute atomic E-state index is 12.8. The van der Waals surface area contributed by atoms with Gasteiger partial charge in [-0.05, 0) is 67.6 Å². The van der Waals surface area contributed by atoms with Gasteiger partial charge in [0.05, 0.1) is 12.7 Å². The normalized spacial score (nSPS) is 16.7. The third kappa shape index (κ3) is 3.68. The van der Waals surface area contributed by atoms with Crippen LogP contribution in [0.3, 0.4) is 0 Å². The highest BCUT2D eigenvalue weighted by molar-refractivity contribution is 8.27. The Morgan fingerprint density at radius 1 is 1.06 bits per heavy atom. The monoisotopic (exact) mass is 455 g/mol. The van der Waals surface area contributed by atoms with E-state index in [1.807, 2.05) is 74.5 Å². The summed E-state index contributed by atoms with van der Waals surface area (Å²) in [6.45, 7) is 4.00. The molecule has 0 fully saturated rings. The molecule has 1 N–H and O–H groups in total. The van der Waals surface area contributed by atoms with E-state index in [0.717, 1.165) is 34.0 Å². The van der Waals surface area contributed by atoms with Crippen molar-refractivity contribution in [2.45, 2.75) is 13.8 Å². The molecule has 3 heterocycles. The van der Waals surface area contributed by atoms with Crippen LogP contribution in [0.1, 0.15) is 22.5 Å². The second kappa shape index (κ2) is 8.22. The lowest BCUT2D eigenvalue weighted by Gasteiger charge is -2.20. The molecule has 164 valence electrons. The van der Waals surface area contributed by atoms with E-state index in [1.54, 1.807) is 13.2 Å². The van der Waals surface area contributed by atoms with Crippen LogP contribution >= 0.6 is 11.8 Å². The predicted molar refractivity (Wildman–Crippen MR) is 132 cm³/mol. The van der Waals surface area contributed by atoms with E-state index in [2.05, 4.69) is 14.7 Å². The Labute approximate surface area is 195 Å². The molecule has 8 heteroatoms. The lowest BCUT2D eigenvalue weighted by atomic mass is 10.1. The molecule has 2 aliphatic heterocycles. The highest BCUT2D eigenvalue weighted by Gasteiger charge is 2.36. The van der Waals surface area contributed by atoms with Crippen LogP contribution < -0.4 is 4.74 Å². The quantitative estimate of drug-likeness (QED) is 0.575. The molecule has 0 radical (unpaired) electrons. The van der Waals surface area contributed by atoms with Gasteiger partial charge in [0.15, 0.2) is 5.84 Å². The zero-order valence-corrected chi connectivity index (χ0v) is 19.2. The van der Waals surface area contributed by atoms with Crippen LogP contribution in [0.2, 0.25) is 0 Å². The fourth-order valence-electron chi connectivity index (χ4n) is 3.91. The van der Waals surface area contributed by atoms with Crippen LogP contribution in [0.4, 0.5) is 0 Å². The average Bonchev–Trinajstić information content (AvgIpc) is 3.38. The van der Waals surface area contributed by atoms with Crippen LogP contribution in [0.25, 0.3) is 11.8 Å². The average molecular weight is 456 g/mol. The number of amidine groups is 2. The van der Waals surface area contributed by atoms with Gasteiger partial charge in [-0.15, -0.1) is 0 Å². The van der Waals surface area contributed by atoms with E-state index >= 15 is 0 Å². The lowest BCUT2D eigenvalue weighted by molar-refractivity contribution is -0.114. The minimum absolute atomic E-state index is 0.0256. The van der Waals surface area contributed by atoms with Crippen molar-refractivity contribution in [3.05, 3.63) is 88.8 Å². The number of hydrazone groups is 1. The van der Waals surface area contributed by atoms with E-state index in [4.69, 9.17) is 10.1 Å². The van der Waals surface area contributed by atoms with Crippen LogP contribution in [0.15, 0.2) is 76.3 Å². The lowest BCUT2D eigenvalue weighted by Crippen LogP contribution is -2.35. The molecular formula is C25H21N5O2S. The molecule has 0 aliphatic carbocycles. The van der Waals surface area contributed by atoms with Crippen molar-refractivity contribution in [1.29, 1.82) is 5.41 Å². The summed E-state index contributed by atoms with van der Waals surface area (Å²) in [7, 11) is 1.64. The number of aromatic nitrogens is 1. The molecule has 1 amide bonds. The van der Waals surface area contributed by atoms with E-state index in [1.165, 1.54) is 16.8 Å². The van der Waals surface area contributed by atoms with Crippen LogP contribution in [0, 0.1) is 19.3 Å². The van der Waals surface area contributed by atoms with Crippen molar-refractivity contribution in [2.24, 2.45) is 10.1 Å². The molecular weight excluding hydrogens is 434 g/mol. The summed E-state index contributed by atoms with van der Waals surface area (Å²) in [6.07, 6.45) is 1.73. The van der Waals surface area contributed by atoms with Gasteiger partial charge in [0.25, 0.3) is 5.91 Å². The van der Waals surface area contributed by atoms with E-state index in [-0.39, 0.29) is 11.4 Å². The Balaban J connectivity index is 1.50. The summed E-state index contributed by atoms with van der Waals surface area (Å²) < 4.78 is 7.36. The number of nitrogens with zero attached hydrogens (tertiary/aromatic N) is 4. The number of methoxy groups -OCH3 is 1. The van der Waals surface area contributed by atoms with Gasteiger partial charge < -0.3 is 9.30 Å². The van der Waals surface area contributed by atoms with Gasteiger partial charge in [-0.3, -0.25) is 10.2 Å². The highest BCUT2D eigenvalue weighted by Crippen LogP contribution is 2.32. The SMILES string of the molecule is COc1ccc(-n2c(C)cc(C=C3C(=N)N4N=C(c5ccccc5)SC4=NC3=O)c2C)cc1. The van der Waals surface area contributed by atoms with Crippen LogP contribution in [-0.4, -0.2) is 38.6 Å². The molecule has 0 spiro atoms. The maximum Gasteiger partial charge on any atom is 0.283 e. The van der Waals surface area contributed by atoms with Gasteiger partial charge in [-0.1, -0.05) is 30.3 Å². The fourth-order valence-corrected chi connectivity index (χ4v) is 4.80. The second-order valence-corrected chi connectivity index (χ2v) is 8.61. The smallest absolute Gasteiger partial charge is 0.283 e. The Bertz CT molecular complexity index is 1370. The van der Waals surface area contributed by atoms with Crippen molar-refractivity contribution < 1.29 is 9.53 Å².